The Morgan fingerprint density at radius 2 is 1.70 bits per heavy atom. The van der Waals surface area contributed by atoms with E-state index in [4.69, 9.17) is 9.47 Å². The van der Waals surface area contributed by atoms with Crippen LogP contribution in [-0.2, 0) is 30.3 Å². The first-order chi connectivity index (χ1) is 12.9. The molecule has 0 heterocycles. The molecule has 1 aliphatic rings. The van der Waals surface area contributed by atoms with E-state index < -0.39 is 23.3 Å². The van der Waals surface area contributed by atoms with Crippen molar-refractivity contribution in [2.24, 2.45) is 17.3 Å². The van der Waals surface area contributed by atoms with Crippen molar-refractivity contribution in [3.8, 4) is 0 Å². The van der Waals surface area contributed by atoms with E-state index in [-0.39, 0.29) is 18.3 Å². The van der Waals surface area contributed by atoms with Gasteiger partial charge in [-0.05, 0) is 35.1 Å². The number of carbonyl (C=O) groups is 3. The standard InChI is InChI=1S/C21H22O6/c1-26-18(22)15-10-16(11-15)21(19(23)24,20(25)27-2)12-14-8-5-7-13-6-3-4-9-17(13)14/h3-9,15-16H,10-12H2,1-2H3,(H,23,24)/t15-,16+,21?. The van der Waals surface area contributed by atoms with Gasteiger partial charge in [-0.25, -0.2) is 0 Å². The number of esters is 2. The van der Waals surface area contributed by atoms with Crippen molar-refractivity contribution < 1.29 is 29.0 Å². The van der Waals surface area contributed by atoms with E-state index in [0.29, 0.717) is 12.8 Å². The highest BCUT2D eigenvalue weighted by Crippen LogP contribution is 2.49. The molecule has 1 aliphatic carbocycles. The van der Waals surface area contributed by atoms with Crippen LogP contribution >= 0.6 is 0 Å². The van der Waals surface area contributed by atoms with Crippen molar-refractivity contribution in [2.75, 3.05) is 14.2 Å². The minimum Gasteiger partial charge on any atom is -0.480 e. The maximum absolute atomic E-state index is 12.7. The maximum Gasteiger partial charge on any atom is 0.323 e. The molecule has 27 heavy (non-hydrogen) atoms. The molecular weight excluding hydrogens is 348 g/mol. The average molecular weight is 370 g/mol. The van der Waals surface area contributed by atoms with Crippen molar-refractivity contribution in [3.63, 3.8) is 0 Å². The number of hydrogen-bond donors (Lipinski definition) is 1. The van der Waals surface area contributed by atoms with Crippen molar-refractivity contribution >= 4 is 28.7 Å². The lowest BCUT2D eigenvalue weighted by molar-refractivity contribution is -0.179. The molecule has 0 bridgehead atoms. The molecule has 6 heteroatoms. The molecule has 1 unspecified atom stereocenters. The summed E-state index contributed by atoms with van der Waals surface area (Å²) in [5, 5.41) is 11.9. The Balaban J connectivity index is 2.01. The highest BCUT2D eigenvalue weighted by atomic mass is 16.5. The van der Waals surface area contributed by atoms with Gasteiger partial charge in [-0.2, -0.15) is 0 Å². The second kappa shape index (κ2) is 7.39. The smallest absolute Gasteiger partial charge is 0.323 e. The fourth-order valence-electron chi connectivity index (χ4n) is 4.03. The highest BCUT2D eigenvalue weighted by Gasteiger charge is 2.58. The Morgan fingerprint density at radius 1 is 1.04 bits per heavy atom. The van der Waals surface area contributed by atoms with Gasteiger partial charge in [0.25, 0.3) is 0 Å². The van der Waals surface area contributed by atoms with Crippen molar-refractivity contribution in [2.45, 2.75) is 19.3 Å². The average Bonchev–Trinajstić information content (AvgIpc) is 2.64. The molecule has 0 spiro atoms. The first kappa shape index (κ1) is 18.9. The minimum absolute atomic E-state index is 0.00885. The lowest BCUT2D eigenvalue weighted by atomic mass is 9.58. The summed E-state index contributed by atoms with van der Waals surface area (Å²) >= 11 is 0. The Morgan fingerprint density at radius 3 is 2.33 bits per heavy atom. The summed E-state index contributed by atoms with van der Waals surface area (Å²) in [6.07, 6.45) is 0.590. The third-order valence-corrected chi connectivity index (χ3v) is 5.65. The second-order valence-corrected chi connectivity index (χ2v) is 6.97. The molecule has 1 fully saturated rings. The maximum atomic E-state index is 12.7. The van der Waals surface area contributed by atoms with Crippen molar-refractivity contribution in [1.29, 1.82) is 0 Å². The van der Waals surface area contributed by atoms with Crippen LogP contribution in [0.1, 0.15) is 18.4 Å². The molecule has 6 nitrogen and oxygen atoms in total. The Bertz CT molecular complexity index is 878. The van der Waals surface area contributed by atoms with Gasteiger partial charge >= 0.3 is 17.9 Å². The van der Waals surface area contributed by atoms with Gasteiger partial charge in [0.2, 0.25) is 0 Å². The molecule has 2 aromatic carbocycles. The lowest BCUT2D eigenvalue weighted by Crippen LogP contribution is -2.53. The first-order valence-corrected chi connectivity index (χ1v) is 8.80. The summed E-state index contributed by atoms with van der Waals surface area (Å²) in [6.45, 7) is 0. The number of benzene rings is 2. The Kier molecular flexibility index (Phi) is 5.17. The van der Waals surface area contributed by atoms with Crippen LogP contribution in [0.2, 0.25) is 0 Å². The highest BCUT2D eigenvalue weighted by molar-refractivity contribution is 6.01. The summed E-state index contributed by atoms with van der Waals surface area (Å²) in [6, 6.07) is 13.3. The fourth-order valence-corrected chi connectivity index (χ4v) is 4.03. The zero-order chi connectivity index (χ0) is 19.6. The largest absolute Gasteiger partial charge is 0.480 e. The molecule has 1 saturated carbocycles. The molecule has 0 saturated heterocycles. The first-order valence-electron chi connectivity index (χ1n) is 8.80. The van der Waals surface area contributed by atoms with E-state index >= 15 is 0 Å². The lowest BCUT2D eigenvalue weighted by Gasteiger charge is -2.43. The van der Waals surface area contributed by atoms with E-state index in [1.165, 1.54) is 14.2 Å². The Labute approximate surface area is 157 Å². The van der Waals surface area contributed by atoms with Gasteiger partial charge in [-0.15, -0.1) is 0 Å². The number of carbonyl (C=O) groups excluding carboxylic acids is 2. The van der Waals surface area contributed by atoms with E-state index in [1.54, 1.807) is 0 Å². The van der Waals surface area contributed by atoms with Gasteiger partial charge in [0.1, 0.15) is 0 Å². The molecule has 3 rings (SSSR count). The summed E-state index contributed by atoms with van der Waals surface area (Å²) in [7, 11) is 2.50. The minimum atomic E-state index is -1.73. The van der Waals surface area contributed by atoms with Gasteiger partial charge in [-0.1, -0.05) is 42.5 Å². The monoisotopic (exact) mass is 370 g/mol. The van der Waals surface area contributed by atoms with Crippen LogP contribution in [-0.4, -0.2) is 37.2 Å². The summed E-state index contributed by atoms with van der Waals surface area (Å²) in [5.41, 5.74) is -0.967. The van der Waals surface area contributed by atoms with Gasteiger partial charge in [0, 0.05) is 6.42 Å². The summed E-state index contributed by atoms with van der Waals surface area (Å²) < 4.78 is 9.64. The number of rotatable bonds is 6. The van der Waals surface area contributed by atoms with Gasteiger partial charge in [0.05, 0.1) is 20.1 Å². The third kappa shape index (κ3) is 3.16. The molecule has 0 aromatic heterocycles. The van der Waals surface area contributed by atoms with Crippen molar-refractivity contribution in [1.82, 2.24) is 0 Å². The van der Waals surface area contributed by atoms with Gasteiger partial charge in [-0.3, -0.25) is 14.4 Å². The van der Waals surface area contributed by atoms with Crippen LogP contribution in [0, 0.1) is 17.3 Å². The van der Waals surface area contributed by atoms with E-state index in [2.05, 4.69) is 0 Å². The van der Waals surface area contributed by atoms with Crippen LogP contribution < -0.4 is 0 Å². The molecule has 0 aliphatic heterocycles. The summed E-state index contributed by atoms with van der Waals surface area (Å²) in [5.74, 6) is -3.26. The molecule has 2 aromatic rings. The van der Waals surface area contributed by atoms with E-state index in [1.807, 2.05) is 42.5 Å². The van der Waals surface area contributed by atoms with Crippen LogP contribution in [0.25, 0.3) is 10.8 Å². The number of hydrogen-bond acceptors (Lipinski definition) is 5. The van der Waals surface area contributed by atoms with Crippen LogP contribution in [0.15, 0.2) is 42.5 Å². The third-order valence-electron chi connectivity index (χ3n) is 5.65. The number of carboxylic acid groups (broad SMARTS) is 1. The zero-order valence-corrected chi connectivity index (χ0v) is 15.3. The van der Waals surface area contributed by atoms with Gasteiger partial charge in [0.15, 0.2) is 5.41 Å². The number of methoxy groups -OCH3 is 2. The number of aliphatic carboxylic acids is 1. The number of ether oxygens (including phenoxy) is 2. The molecule has 0 amide bonds. The SMILES string of the molecule is COC(=O)C(Cc1cccc2ccccc12)(C(=O)O)[C@H]1C[C@@H](C(=O)OC)C1. The van der Waals surface area contributed by atoms with Gasteiger partial charge < -0.3 is 14.6 Å². The second-order valence-electron chi connectivity index (χ2n) is 6.97. The normalized spacial score (nSPS) is 21.0. The topological polar surface area (TPSA) is 89.9 Å². The van der Waals surface area contributed by atoms with Crippen molar-refractivity contribution in [3.05, 3.63) is 48.0 Å². The predicted octanol–water partition coefficient (Wildman–Crippen LogP) is 2.83. The fraction of sp³-hybridized carbons (Fsp3) is 0.381. The van der Waals surface area contributed by atoms with Crippen LogP contribution in [0.5, 0.6) is 0 Å². The molecular formula is C21H22O6. The Hall–Kier alpha value is -2.89. The summed E-state index contributed by atoms with van der Waals surface area (Å²) in [4.78, 5) is 36.7. The number of fused-ring (bicyclic) bond motifs is 1. The van der Waals surface area contributed by atoms with Crippen LogP contribution in [0.4, 0.5) is 0 Å². The van der Waals surface area contributed by atoms with E-state index in [0.717, 1.165) is 16.3 Å². The molecule has 142 valence electrons. The molecule has 1 atom stereocenters. The quantitative estimate of drug-likeness (QED) is 0.621. The number of carboxylic acids is 1. The molecule has 0 radical (unpaired) electrons. The van der Waals surface area contributed by atoms with Crippen LogP contribution in [0.3, 0.4) is 0 Å². The molecule has 1 N–H and O–H groups in total. The van der Waals surface area contributed by atoms with E-state index in [9.17, 15) is 19.5 Å². The zero-order valence-electron chi connectivity index (χ0n) is 15.3. The predicted molar refractivity (Wildman–Crippen MR) is 98.0 cm³/mol.